The van der Waals surface area contributed by atoms with E-state index >= 15 is 0 Å². The van der Waals surface area contributed by atoms with Crippen molar-refractivity contribution >= 4 is 28.3 Å². The van der Waals surface area contributed by atoms with E-state index < -0.39 is 0 Å². The number of hydrogen-bond donors (Lipinski definition) is 0. The molecule has 0 unspecified atom stereocenters. The molecule has 0 atom stereocenters. The second-order valence-corrected chi connectivity index (χ2v) is 6.80. The Kier molecular flexibility index (Phi) is 3.89. The van der Waals surface area contributed by atoms with Crippen LogP contribution >= 0.6 is 0 Å². The molecular weight excluding hydrogens is 306 g/mol. The highest BCUT2D eigenvalue weighted by molar-refractivity contribution is 6.15. The van der Waals surface area contributed by atoms with Crippen molar-refractivity contribution in [2.75, 3.05) is 19.0 Å². The minimum Gasteiger partial charge on any atom is -0.378 e. The molecule has 0 saturated heterocycles. The number of allylic oxidation sites excluding steroid dienone is 1. The molecule has 0 fully saturated rings. The summed E-state index contributed by atoms with van der Waals surface area (Å²) in [6.07, 6.45) is 5.74. The summed E-state index contributed by atoms with van der Waals surface area (Å²) in [6, 6.07) is 18.6. The van der Waals surface area contributed by atoms with E-state index in [0.29, 0.717) is 0 Å². The van der Waals surface area contributed by atoms with Crippen LogP contribution in [0.15, 0.2) is 60.7 Å². The second kappa shape index (κ2) is 6.21. The van der Waals surface area contributed by atoms with Crippen LogP contribution in [0.5, 0.6) is 0 Å². The van der Waals surface area contributed by atoms with E-state index in [0.717, 1.165) is 35.0 Å². The zero-order valence-corrected chi connectivity index (χ0v) is 14.6. The van der Waals surface area contributed by atoms with Gasteiger partial charge >= 0.3 is 0 Å². The minimum absolute atomic E-state index is 0.0623. The maximum Gasteiger partial charge on any atom is 0.186 e. The number of aryl methyl sites for hydroxylation is 2. The normalized spacial score (nSPS) is 12.9. The molecule has 0 radical (unpaired) electrons. The molecule has 0 amide bonds. The van der Waals surface area contributed by atoms with Crippen LogP contribution in [0, 0.1) is 0 Å². The average Bonchev–Trinajstić information content (AvgIpc) is 3.05. The SMILES string of the molecule is CN(C)c1ccc(C=CC(=O)c2ccc3c4c(cccc24)CC3)cc1. The molecule has 0 heterocycles. The van der Waals surface area contributed by atoms with Crippen LogP contribution in [-0.2, 0) is 12.8 Å². The second-order valence-electron chi connectivity index (χ2n) is 6.80. The first-order valence-corrected chi connectivity index (χ1v) is 8.67. The highest BCUT2D eigenvalue weighted by Crippen LogP contribution is 2.33. The van der Waals surface area contributed by atoms with Crippen LogP contribution in [0.1, 0.15) is 27.0 Å². The van der Waals surface area contributed by atoms with Crippen molar-refractivity contribution in [2.24, 2.45) is 0 Å². The van der Waals surface area contributed by atoms with Gasteiger partial charge in [-0.2, -0.15) is 0 Å². The molecule has 3 aromatic rings. The predicted octanol–water partition coefficient (Wildman–Crippen LogP) is 4.90. The molecule has 0 bridgehead atoms. The molecule has 0 N–H and O–H groups in total. The Labute approximate surface area is 148 Å². The number of hydrogen-bond acceptors (Lipinski definition) is 2. The monoisotopic (exact) mass is 327 g/mol. The number of carbonyl (C=O) groups excluding carboxylic acids is 1. The molecule has 0 saturated carbocycles. The molecule has 0 aliphatic heterocycles. The van der Waals surface area contributed by atoms with Gasteiger partial charge in [-0.05, 0) is 58.5 Å². The minimum atomic E-state index is 0.0623. The summed E-state index contributed by atoms with van der Waals surface area (Å²) in [4.78, 5) is 14.8. The summed E-state index contributed by atoms with van der Waals surface area (Å²) in [5.74, 6) is 0.0623. The van der Waals surface area contributed by atoms with Gasteiger partial charge in [0.25, 0.3) is 0 Å². The topological polar surface area (TPSA) is 20.3 Å². The smallest absolute Gasteiger partial charge is 0.186 e. The predicted molar refractivity (Wildman–Crippen MR) is 105 cm³/mol. The van der Waals surface area contributed by atoms with Gasteiger partial charge in [-0.1, -0.05) is 48.5 Å². The van der Waals surface area contributed by atoms with Gasteiger partial charge in [0.2, 0.25) is 0 Å². The van der Waals surface area contributed by atoms with Crippen LogP contribution in [0.4, 0.5) is 5.69 Å². The summed E-state index contributed by atoms with van der Waals surface area (Å²) in [7, 11) is 4.04. The molecule has 2 heteroatoms. The van der Waals surface area contributed by atoms with E-state index in [4.69, 9.17) is 0 Å². The van der Waals surface area contributed by atoms with Crippen LogP contribution in [0.25, 0.3) is 16.8 Å². The lowest BCUT2D eigenvalue weighted by Crippen LogP contribution is -2.07. The van der Waals surface area contributed by atoms with Gasteiger partial charge in [0, 0.05) is 25.3 Å². The number of ketones is 1. The molecule has 2 nitrogen and oxygen atoms in total. The third-order valence-electron chi connectivity index (χ3n) is 4.98. The van der Waals surface area contributed by atoms with Gasteiger partial charge in [0.05, 0.1) is 0 Å². The van der Waals surface area contributed by atoms with E-state index in [1.165, 1.54) is 16.5 Å². The molecule has 124 valence electrons. The molecule has 1 aliphatic rings. The van der Waals surface area contributed by atoms with E-state index in [1.807, 2.05) is 38.4 Å². The Hall–Kier alpha value is -2.87. The van der Waals surface area contributed by atoms with Crippen molar-refractivity contribution in [3.05, 3.63) is 82.9 Å². The van der Waals surface area contributed by atoms with Gasteiger partial charge in [-0.3, -0.25) is 4.79 Å². The first kappa shape index (κ1) is 15.6. The molecule has 0 spiro atoms. The van der Waals surface area contributed by atoms with Gasteiger partial charge in [0.1, 0.15) is 0 Å². The van der Waals surface area contributed by atoms with E-state index in [-0.39, 0.29) is 5.78 Å². The van der Waals surface area contributed by atoms with Crippen LogP contribution < -0.4 is 4.90 Å². The Bertz CT molecular complexity index is 971. The molecule has 25 heavy (non-hydrogen) atoms. The summed E-state index contributed by atoms with van der Waals surface area (Å²) in [5.41, 5.74) is 5.71. The van der Waals surface area contributed by atoms with Crippen molar-refractivity contribution in [2.45, 2.75) is 12.8 Å². The molecule has 4 rings (SSSR count). The fourth-order valence-corrected chi connectivity index (χ4v) is 3.61. The van der Waals surface area contributed by atoms with Crippen LogP contribution in [0.2, 0.25) is 0 Å². The fraction of sp³-hybridized carbons (Fsp3) is 0.174. The number of rotatable bonds is 4. The molecular formula is C23H21NO. The zero-order chi connectivity index (χ0) is 17.4. The van der Waals surface area contributed by atoms with E-state index in [1.54, 1.807) is 6.08 Å². The maximum absolute atomic E-state index is 12.8. The van der Waals surface area contributed by atoms with Crippen molar-refractivity contribution in [3.63, 3.8) is 0 Å². The van der Waals surface area contributed by atoms with E-state index in [9.17, 15) is 4.79 Å². The highest BCUT2D eigenvalue weighted by atomic mass is 16.1. The lowest BCUT2D eigenvalue weighted by atomic mass is 9.97. The van der Waals surface area contributed by atoms with Crippen LogP contribution in [0.3, 0.4) is 0 Å². The number of nitrogens with zero attached hydrogens (tertiary/aromatic N) is 1. The Morgan fingerprint density at radius 2 is 1.64 bits per heavy atom. The number of carbonyl (C=O) groups is 1. The van der Waals surface area contributed by atoms with E-state index in [2.05, 4.69) is 41.3 Å². The number of benzene rings is 3. The molecule has 0 aromatic heterocycles. The van der Waals surface area contributed by atoms with Gasteiger partial charge in [-0.25, -0.2) is 0 Å². The zero-order valence-electron chi connectivity index (χ0n) is 14.6. The summed E-state index contributed by atoms with van der Waals surface area (Å²) in [5, 5.41) is 2.38. The summed E-state index contributed by atoms with van der Waals surface area (Å²) < 4.78 is 0. The van der Waals surface area contributed by atoms with Crippen molar-refractivity contribution in [1.29, 1.82) is 0 Å². The first-order chi connectivity index (χ1) is 12.1. The largest absolute Gasteiger partial charge is 0.378 e. The van der Waals surface area contributed by atoms with Crippen LogP contribution in [-0.4, -0.2) is 19.9 Å². The third-order valence-corrected chi connectivity index (χ3v) is 4.98. The standard InChI is InChI=1S/C23H21NO/c1-24(2)19-12-6-16(7-13-19)8-15-22(25)20-14-11-18-10-9-17-4-3-5-21(20)23(17)18/h3-8,11-15H,9-10H2,1-2H3. The Morgan fingerprint density at radius 3 is 2.36 bits per heavy atom. The maximum atomic E-state index is 12.8. The van der Waals surface area contributed by atoms with Gasteiger partial charge in [-0.15, -0.1) is 0 Å². The van der Waals surface area contributed by atoms with Gasteiger partial charge in [0.15, 0.2) is 5.78 Å². The van der Waals surface area contributed by atoms with Crippen molar-refractivity contribution in [3.8, 4) is 0 Å². The van der Waals surface area contributed by atoms with Crippen molar-refractivity contribution in [1.82, 2.24) is 0 Å². The summed E-state index contributed by atoms with van der Waals surface area (Å²) >= 11 is 0. The fourth-order valence-electron chi connectivity index (χ4n) is 3.61. The molecule has 1 aliphatic carbocycles. The third kappa shape index (κ3) is 2.85. The van der Waals surface area contributed by atoms with Gasteiger partial charge < -0.3 is 4.90 Å². The summed E-state index contributed by atoms with van der Waals surface area (Å²) in [6.45, 7) is 0. The highest BCUT2D eigenvalue weighted by Gasteiger charge is 2.17. The average molecular weight is 327 g/mol. The number of anilines is 1. The Morgan fingerprint density at radius 1 is 0.920 bits per heavy atom. The first-order valence-electron chi connectivity index (χ1n) is 8.67. The lowest BCUT2D eigenvalue weighted by Gasteiger charge is -2.11. The Balaban J connectivity index is 1.65. The lowest BCUT2D eigenvalue weighted by molar-refractivity contribution is 0.104. The molecule has 3 aromatic carbocycles. The quantitative estimate of drug-likeness (QED) is 0.502. The van der Waals surface area contributed by atoms with Crippen molar-refractivity contribution < 1.29 is 4.79 Å².